The van der Waals surface area contributed by atoms with Crippen molar-refractivity contribution in [2.75, 3.05) is 5.32 Å². The predicted molar refractivity (Wildman–Crippen MR) is 97.5 cm³/mol. The molecule has 0 aliphatic heterocycles. The summed E-state index contributed by atoms with van der Waals surface area (Å²) < 4.78 is 9.88. The summed E-state index contributed by atoms with van der Waals surface area (Å²) in [6, 6.07) is 16.1. The van der Waals surface area contributed by atoms with Crippen molar-refractivity contribution < 1.29 is 19.1 Å². The van der Waals surface area contributed by atoms with E-state index >= 15 is 0 Å². The minimum atomic E-state index is -1.06. The van der Waals surface area contributed by atoms with Gasteiger partial charge in [0.1, 0.15) is 5.69 Å². The Kier molecular flexibility index (Phi) is 6.61. The smallest absolute Gasteiger partial charge is 0.414 e. The van der Waals surface area contributed by atoms with Crippen LogP contribution in [-0.4, -0.2) is 18.4 Å². The Morgan fingerprint density at radius 1 is 1.00 bits per heavy atom. The number of hydrogen-bond donors (Lipinski definition) is 1. The largest absolute Gasteiger partial charge is 0.422 e. The third kappa shape index (κ3) is 5.86. The number of carbonyl (C=O) groups excluding carboxylic acids is 2. The molecule has 1 unspecified atom stereocenters. The number of hydrogen-bond acceptors (Lipinski definition) is 6. The van der Waals surface area contributed by atoms with Crippen molar-refractivity contribution in [3.63, 3.8) is 0 Å². The molecule has 0 radical (unpaired) electrons. The average molecular weight is 353 g/mol. The van der Waals surface area contributed by atoms with E-state index in [1.54, 1.807) is 24.3 Å². The zero-order chi connectivity index (χ0) is 18.9. The average Bonchev–Trinajstić information content (AvgIpc) is 2.61. The number of carbonyl (C=O) groups is 2. The Labute approximate surface area is 151 Å². The molecule has 0 heterocycles. The van der Waals surface area contributed by atoms with Gasteiger partial charge in [0.15, 0.2) is 0 Å². The van der Waals surface area contributed by atoms with Crippen LogP contribution in [0.3, 0.4) is 0 Å². The maximum absolute atomic E-state index is 12.0. The summed E-state index contributed by atoms with van der Waals surface area (Å²) in [6.45, 7) is 6.39. The van der Waals surface area contributed by atoms with Crippen LogP contribution in [0.4, 0.5) is 21.9 Å². The lowest BCUT2D eigenvalue weighted by Gasteiger charge is -2.15. The molecule has 2 rings (SSSR count). The number of esters is 1. The molecule has 0 aliphatic carbocycles. The van der Waals surface area contributed by atoms with Crippen LogP contribution >= 0.6 is 0 Å². The summed E-state index contributed by atoms with van der Waals surface area (Å²) >= 11 is 0. The Morgan fingerprint density at radius 3 is 2.35 bits per heavy atom. The number of nitrogens with one attached hydrogen (secondary N) is 1. The Hall–Kier alpha value is -3.48. The summed E-state index contributed by atoms with van der Waals surface area (Å²) in [5.41, 5.74) is 1.77. The van der Waals surface area contributed by atoms with Gasteiger partial charge in [-0.25, -0.2) is 9.59 Å². The monoisotopic (exact) mass is 353 g/mol. The van der Waals surface area contributed by atoms with Gasteiger partial charge in [0.2, 0.25) is 6.29 Å². The van der Waals surface area contributed by atoms with E-state index < -0.39 is 18.4 Å². The molecule has 0 saturated carbocycles. The Balaban J connectivity index is 2.01. The van der Waals surface area contributed by atoms with E-state index in [9.17, 15) is 9.59 Å². The summed E-state index contributed by atoms with van der Waals surface area (Å²) in [5, 5.41) is 10.8. The Morgan fingerprint density at radius 2 is 1.65 bits per heavy atom. The molecule has 26 heavy (non-hydrogen) atoms. The van der Waals surface area contributed by atoms with E-state index in [-0.39, 0.29) is 5.57 Å². The van der Waals surface area contributed by atoms with E-state index in [2.05, 4.69) is 22.1 Å². The number of benzene rings is 2. The molecule has 0 fully saturated rings. The molecule has 0 aliphatic rings. The highest BCUT2D eigenvalue weighted by molar-refractivity contribution is 5.89. The van der Waals surface area contributed by atoms with E-state index in [0.29, 0.717) is 17.1 Å². The molecular weight excluding hydrogens is 334 g/mol. The van der Waals surface area contributed by atoms with Crippen molar-refractivity contribution in [3.8, 4) is 0 Å². The first-order chi connectivity index (χ1) is 12.5. The van der Waals surface area contributed by atoms with Crippen LogP contribution in [0.15, 0.2) is 77.0 Å². The molecule has 0 bridgehead atoms. The summed E-state index contributed by atoms with van der Waals surface area (Å²) in [7, 11) is 0. The maximum atomic E-state index is 12.0. The van der Waals surface area contributed by atoms with Crippen molar-refractivity contribution >= 4 is 29.1 Å². The fourth-order valence-electron chi connectivity index (χ4n) is 1.84. The second kappa shape index (κ2) is 9.12. The summed E-state index contributed by atoms with van der Waals surface area (Å²) in [6.07, 6.45) is -1.84. The first kappa shape index (κ1) is 18.9. The topological polar surface area (TPSA) is 89.3 Å². The highest BCUT2D eigenvalue weighted by atomic mass is 16.7. The maximum Gasteiger partial charge on any atom is 0.414 e. The molecule has 1 atom stereocenters. The predicted octanol–water partition coefficient (Wildman–Crippen LogP) is 5.12. The molecule has 0 spiro atoms. The van der Waals surface area contributed by atoms with Crippen molar-refractivity contribution in [1.82, 2.24) is 0 Å². The second-order valence-electron chi connectivity index (χ2n) is 5.34. The van der Waals surface area contributed by atoms with Gasteiger partial charge >= 0.3 is 12.1 Å². The quantitative estimate of drug-likeness (QED) is 0.338. The molecule has 134 valence electrons. The van der Waals surface area contributed by atoms with Gasteiger partial charge in [-0.2, -0.15) is 5.11 Å². The highest BCUT2D eigenvalue weighted by Gasteiger charge is 2.15. The second-order valence-corrected chi connectivity index (χ2v) is 5.34. The number of rotatable bonds is 6. The third-order valence-electron chi connectivity index (χ3n) is 3.06. The van der Waals surface area contributed by atoms with Crippen LogP contribution < -0.4 is 5.32 Å². The van der Waals surface area contributed by atoms with Crippen molar-refractivity contribution in [2.24, 2.45) is 10.2 Å². The highest BCUT2D eigenvalue weighted by Crippen LogP contribution is 2.26. The minimum Gasteiger partial charge on any atom is -0.422 e. The van der Waals surface area contributed by atoms with Gasteiger partial charge in [-0.1, -0.05) is 36.9 Å². The number of nitrogens with zero attached hydrogens (tertiary/aromatic N) is 2. The zero-order valence-corrected chi connectivity index (χ0v) is 14.5. The van der Waals surface area contributed by atoms with Gasteiger partial charge in [-0.05, 0) is 31.2 Å². The minimum absolute atomic E-state index is 0.215. The SMILES string of the molecule is C=C(C)C(=O)OC(C)OC(=O)Nc1ccccc1N=Nc1ccccc1. The summed E-state index contributed by atoms with van der Waals surface area (Å²) in [4.78, 5) is 23.4. The number of anilines is 1. The fraction of sp³-hybridized carbons (Fsp3) is 0.158. The molecule has 2 aromatic rings. The molecular formula is C19H19N3O4. The lowest BCUT2D eigenvalue weighted by Crippen LogP contribution is -2.25. The van der Waals surface area contributed by atoms with E-state index in [0.717, 1.165) is 0 Å². The molecule has 7 heteroatoms. The molecule has 7 nitrogen and oxygen atoms in total. The Bertz CT molecular complexity index is 819. The van der Waals surface area contributed by atoms with Gasteiger partial charge in [-0.3, -0.25) is 5.32 Å². The summed E-state index contributed by atoms with van der Waals surface area (Å²) in [5.74, 6) is -0.637. The molecule has 1 amide bonds. The van der Waals surface area contributed by atoms with Gasteiger partial charge in [0.25, 0.3) is 0 Å². The fourth-order valence-corrected chi connectivity index (χ4v) is 1.84. The zero-order valence-electron chi connectivity index (χ0n) is 14.5. The van der Waals surface area contributed by atoms with Gasteiger partial charge in [-0.15, -0.1) is 5.11 Å². The third-order valence-corrected chi connectivity index (χ3v) is 3.06. The lowest BCUT2D eigenvalue weighted by atomic mass is 10.3. The van der Waals surface area contributed by atoms with Crippen LogP contribution in [0.5, 0.6) is 0 Å². The van der Waals surface area contributed by atoms with Crippen molar-refractivity contribution in [3.05, 3.63) is 66.7 Å². The first-order valence-corrected chi connectivity index (χ1v) is 7.85. The van der Waals surface area contributed by atoms with Gasteiger partial charge < -0.3 is 9.47 Å². The van der Waals surface area contributed by atoms with E-state index in [1.165, 1.54) is 13.8 Å². The molecule has 1 N–H and O–H groups in total. The van der Waals surface area contributed by atoms with E-state index in [1.807, 2.05) is 30.3 Å². The van der Waals surface area contributed by atoms with Crippen LogP contribution in [-0.2, 0) is 14.3 Å². The first-order valence-electron chi connectivity index (χ1n) is 7.85. The molecule has 0 aromatic heterocycles. The molecule has 2 aromatic carbocycles. The molecule has 0 saturated heterocycles. The van der Waals surface area contributed by atoms with Crippen molar-refractivity contribution in [2.45, 2.75) is 20.1 Å². The van der Waals surface area contributed by atoms with Gasteiger partial charge in [0, 0.05) is 12.5 Å². The number of amides is 1. The van der Waals surface area contributed by atoms with E-state index in [4.69, 9.17) is 9.47 Å². The normalized spacial score (nSPS) is 11.6. The van der Waals surface area contributed by atoms with Crippen LogP contribution in [0.25, 0.3) is 0 Å². The lowest BCUT2D eigenvalue weighted by molar-refractivity contribution is -0.159. The number of ether oxygens (including phenoxy) is 2. The van der Waals surface area contributed by atoms with Gasteiger partial charge in [0.05, 0.1) is 11.4 Å². The number of azo groups is 1. The van der Waals surface area contributed by atoms with Crippen LogP contribution in [0, 0.1) is 0 Å². The van der Waals surface area contributed by atoms with Crippen LogP contribution in [0.1, 0.15) is 13.8 Å². The number of para-hydroxylation sites is 1. The van der Waals surface area contributed by atoms with Crippen molar-refractivity contribution in [1.29, 1.82) is 0 Å². The standard InChI is InChI=1S/C19H19N3O4/c1-13(2)18(23)25-14(3)26-19(24)20-16-11-7-8-12-17(16)22-21-15-9-5-4-6-10-15/h4-12,14H,1H2,2-3H3,(H,20,24). The van der Waals surface area contributed by atoms with Crippen LogP contribution in [0.2, 0.25) is 0 Å².